The van der Waals surface area contributed by atoms with E-state index >= 15 is 0 Å². The minimum absolute atomic E-state index is 0.374. The Hall–Kier alpha value is -2.76. The second kappa shape index (κ2) is 4.41. The maximum Gasteiger partial charge on any atom is 0.258 e. The van der Waals surface area contributed by atoms with Crippen LogP contribution in [0.15, 0.2) is 30.5 Å². The number of fused-ring (bicyclic) bond motifs is 1. The molecule has 0 bridgehead atoms. The Labute approximate surface area is 114 Å². The van der Waals surface area contributed by atoms with Crippen LogP contribution < -0.4 is 14.4 Å². The van der Waals surface area contributed by atoms with Gasteiger partial charge in [-0.05, 0) is 12.1 Å². The van der Waals surface area contributed by atoms with Gasteiger partial charge in [0.2, 0.25) is 0 Å². The summed E-state index contributed by atoms with van der Waals surface area (Å²) in [5, 5.41) is 0.636. The second-order valence-corrected chi connectivity index (χ2v) is 4.24. The van der Waals surface area contributed by atoms with Gasteiger partial charge >= 0.3 is 0 Å². The van der Waals surface area contributed by atoms with Gasteiger partial charge in [-0.3, -0.25) is 9.59 Å². The number of nitrogens with zero attached hydrogens (tertiary/aromatic N) is 1. The molecule has 3 rings (SSSR count). The highest BCUT2D eigenvalue weighted by Gasteiger charge is 2.29. The van der Waals surface area contributed by atoms with Gasteiger partial charge in [0.05, 0.1) is 30.8 Å². The standard InChI is InChI=1S/C14H12N2O4/c1-19-10-4-3-8-13(14(10)20-2)9(7-15-8)16-11(17)5-6-12(16)18/h3-7,15H,1-2H3. The van der Waals surface area contributed by atoms with Gasteiger partial charge in [0, 0.05) is 18.3 Å². The number of aromatic nitrogens is 1. The summed E-state index contributed by atoms with van der Waals surface area (Å²) < 4.78 is 10.6. The molecule has 0 unspecified atom stereocenters. The van der Waals surface area contributed by atoms with Crippen molar-refractivity contribution in [1.29, 1.82) is 0 Å². The summed E-state index contributed by atoms with van der Waals surface area (Å²) in [6.07, 6.45) is 4.09. The van der Waals surface area contributed by atoms with E-state index in [0.717, 1.165) is 10.4 Å². The van der Waals surface area contributed by atoms with E-state index in [1.807, 2.05) is 0 Å². The summed E-state index contributed by atoms with van der Waals surface area (Å²) in [5.74, 6) is 0.267. The third-order valence-corrected chi connectivity index (χ3v) is 3.22. The van der Waals surface area contributed by atoms with Crippen LogP contribution in [0.25, 0.3) is 10.9 Å². The molecule has 1 aliphatic heterocycles. The fourth-order valence-corrected chi connectivity index (χ4v) is 2.33. The quantitative estimate of drug-likeness (QED) is 0.862. The zero-order valence-corrected chi connectivity index (χ0v) is 11.0. The maximum absolute atomic E-state index is 11.8. The van der Waals surface area contributed by atoms with Crippen molar-refractivity contribution in [2.75, 3.05) is 19.1 Å². The molecule has 1 aliphatic rings. The summed E-state index contributed by atoms with van der Waals surface area (Å²) in [4.78, 5) is 27.7. The fraction of sp³-hybridized carbons (Fsp3) is 0.143. The fourth-order valence-electron chi connectivity index (χ4n) is 2.33. The maximum atomic E-state index is 11.8. The smallest absolute Gasteiger partial charge is 0.258 e. The highest BCUT2D eigenvalue weighted by molar-refractivity contribution is 6.30. The molecule has 2 amide bonds. The Kier molecular flexibility index (Phi) is 2.71. The number of hydrogen-bond acceptors (Lipinski definition) is 4. The summed E-state index contributed by atoms with van der Waals surface area (Å²) in [7, 11) is 3.05. The SMILES string of the molecule is COc1ccc2[nH]cc(N3C(=O)C=CC3=O)c2c1OC. The first-order chi connectivity index (χ1) is 9.67. The van der Waals surface area contributed by atoms with E-state index in [-0.39, 0.29) is 11.8 Å². The second-order valence-electron chi connectivity index (χ2n) is 4.24. The summed E-state index contributed by atoms with van der Waals surface area (Å²) in [5.41, 5.74) is 1.21. The van der Waals surface area contributed by atoms with Crippen LogP contribution in [0.5, 0.6) is 11.5 Å². The Bertz CT molecular complexity index is 727. The topological polar surface area (TPSA) is 71.6 Å². The molecule has 102 valence electrons. The van der Waals surface area contributed by atoms with E-state index in [2.05, 4.69) is 4.98 Å². The van der Waals surface area contributed by atoms with Crippen LogP contribution in [-0.4, -0.2) is 31.0 Å². The molecular weight excluding hydrogens is 260 g/mol. The zero-order chi connectivity index (χ0) is 14.3. The third kappa shape index (κ3) is 1.58. The molecule has 1 N–H and O–H groups in total. The van der Waals surface area contributed by atoms with E-state index < -0.39 is 0 Å². The van der Waals surface area contributed by atoms with Crippen molar-refractivity contribution in [3.05, 3.63) is 30.5 Å². The van der Waals surface area contributed by atoms with Gasteiger partial charge in [-0.1, -0.05) is 0 Å². The van der Waals surface area contributed by atoms with Crippen molar-refractivity contribution in [3.8, 4) is 11.5 Å². The number of amides is 2. The zero-order valence-electron chi connectivity index (χ0n) is 11.0. The summed E-state index contributed by atoms with van der Waals surface area (Å²) in [6.45, 7) is 0. The predicted molar refractivity (Wildman–Crippen MR) is 73.0 cm³/mol. The molecule has 0 radical (unpaired) electrons. The lowest BCUT2D eigenvalue weighted by Crippen LogP contribution is -2.29. The van der Waals surface area contributed by atoms with Gasteiger partial charge in [0.25, 0.3) is 11.8 Å². The Morgan fingerprint density at radius 3 is 2.35 bits per heavy atom. The summed E-state index contributed by atoms with van der Waals surface area (Å²) in [6, 6.07) is 3.56. The first-order valence-corrected chi connectivity index (χ1v) is 5.95. The third-order valence-electron chi connectivity index (χ3n) is 3.22. The van der Waals surface area contributed by atoms with Crippen LogP contribution in [0.4, 0.5) is 5.69 Å². The average Bonchev–Trinajstić information content (AvgIpc) is 3.01. The molecular formula is C14H12N2O4. The lowest BCUT2D eigenvalue weighted by atomic mass is 10.2. The van der Waals surface area contributed by atoms with Gasteiger partial charge < -0.3 is 14.5 Å². The number of ether oxygens (including phenoxy) is 2. The number of hydrogen-bond donors (Lipinski definition) is 1. The van der Waals surface area contributed by atoms with Crippen molar-refractivity contribution in [2.24, 2.45) is 0 Å². The monoisotopic (exact) mass is 272 g/mol. The Morgan fingerprint density at radius 2 is 1.75 bits per heavy atom. The molecule has 20 heavy (non-hydrogen) atoms. The lowest BCUT2D eigenvalue weighted by molar-refractivity contribution is -0.119. The molecule has 0 fully saturated rings. The van der Waals surface area contributed by atoms with E-state index in [1.54, 1.807) is 18.3 Å². The minimum Gasteiger partial charge on any atom is -0.493 e. The molecule has 2 aromatic rings. The molecule has 0 atom stereocenters. The molecule has 0 spiro atoms. The number of rotatable bonds is 3. The number of carbonyl (C=O) groups excluding carboxylic acids is 2. The van der Waals surface area contributed by atoms with Crippen LogP contribution in [0.3, 0.4) is 0 Å². The van der Waals surface area contributed by atoms with Crippen LogP contribution in [0.2, 0.25) is 0 Å². The molecule has 0 saturated heterocycles. The number of aromatic amines is 1. The Morgan fingerprint density at radius 1 is 1.05 bits per heavy atom. The van der Waals surface area contributed by atoms with Crippen molar-refractivity contribution >= 4 is 28.4 Å². The lowest BCUT2D eigenvalue weighted by Gasteiger charge is -2.15. The van der Waals surface area contributed by atoms with Gasteiger partial charge in [-0.15, -0.1) is 0 Å². The van der Waals surface area contributed by atoms with Gasteiger partial charge in [0.1, 0.15) is 0 Å². The predicted octanol–water partition coefficient (Wildman–Crippen LogP) is 1.61. The molecule has 2 heterocycles. The number of carbonyl (C=O) groups is 2. The molecule has 6 heteroatoms. The van der Waals surface area contributed by atoms with Crippen molar-refractivity contribution in [2.45, 2.75) is 0 Å². The number of benzene rings is 1. The van der Waals surface area contributed by atoms with Crippen molar-refractivity contribution in [1.82, 2.24) is 4.98 Å². The number of anilines is 1. The number of nitrogens with one attached hydrogen (secondary N) is 1. The highest BCUT2D eigenvalue weighted by Crippen LogP contribution is 2.41. The summed E-state index contributed by atoms with van der Waals surface area (Å²) >= 11 is 0. The largest absolute Gasteiger partial charge is 0.493 e. The Balaban J connectivity index is 2.27. The normalized spacial score (nSPS) is 14.4. The number of imide groups is 1. The van der Waals surface area contributed by atoms with Crippen LogP contribution in [-0.2, 0) is 9.59 Å². The van der Waals surface area contributed by atoms with E-state index in [9.17, 15) is 9.59 Å². The molecule has 0 saturated carbocycles. The van der Waals surface area contributed by atoms with Gasteiger partial charge in [-0.25, -0.2) is 4.90 Å². The molecule has 1 aromatic carbocycles. The molecule has 6 nitrogen and oxygen atoms in total. The van der Waals surface area contributed by atoms with Gasteiger partial charge in [-0.2, -0.15) is 0 Å². The molecule has 1 aromatic heterocycles. The number of H-pyrrole nitrogens is 1. The van der Waals surface area contributed by atoms with E-state index in [1.165, 1.54) is 26.4 Å². The van der Waals surface area contributed by atoms with Crippen LogP contribution in [0.1, 0.15) is 0 Å². The first-order valence-electron chi connectivity index (χ1n) is 5.95. The average molecular weight is 272 g/mol. The van der Waals surface area contributed by atoms with E-state index in [0.29, 0.717) is 22.6 Å². The molecule has 0 aliphatic carbocycles. The van der Waals surface area contributed by atoms with E-state index in [4.69, 9.17) is 9.47 Å². The van der Waals surface area contributed by atoms with Crippen LogP contribution >= 0.6 is 0 Å². The van der Waals surface area contributed by atoms with Crippen LogP contribution in [0, 0.1) is 0 Å². The highest BCUT2D eigenvalue weighted by atomic mass is 16.5. The van der Waals surface area contributed by atoms with Gasteiger partial charge in [0.15, 0.2) is 11.5 Å². The minimum atomic E-state index is -0.374. The first kappa shape index (κ1) is 12.3. The van der Waals surface area contributed by atoms with Crippen molar-refractivity contribution in [3.63, 3.8) is 0 Å². The number of methoxy groups -OCH3 is 2. The van der Waals surface area contributed by atoms with Crippen molar-refractivity contribution < 1.29 is 19.1 Å².